The first-order valence-corrected chi connectivity index (χ1v) is 7.09. The minimum absolute atomic E-state index is 0.371. The van der Waals surface area contributed by atoms with Crippen molar-refractivity contribution in [2.45, 2.75) is 6.92 Å². The highest BCUT2D eigenvalue weighted by Crippen LogP contribution is 2.29. The number of hydrogen-bond donors (Lipinski definition) is 0. The third-order valence-corrected chi connectivity index (χ3v) is 3.77. The molecule has 0 atom stereocenters. The summed E-state index contributed by atoms with van der Waals surface area (Å²) in [4.78, 5) is 8.72. The molecule has 0 unspecified atom stereocenters. The van der Waals surface area contributed by atoms with Gasteiger partial charge in [-0.25, -0.2) is 0 Å². The SMILES string of the molecule is Cc1cccc(-c2nc(C#N)c(N3CCN(C)CC3)o2)c1. The van der Waals surface area contributed by atoms with Gasteiger partial charge in [0.2, 0.25) is 17.5 Å². The zero-order valence-corrected chi connectivity index (χ0v) is 12.3. The third-order valence-electron chi connectivity index (χ3n) is 3.77. The van der Waals surface area contributed by atoms with Crippen LogP contribution < -0.4 is 4.90 Å². The third kappa shape index (κ3) is 2.76. The van der Waals surface area contributed by atoms with Crippen LogP contribution in [0.25, 0.3) is 11.5 Å². The van der Waals surface area contributed by atoms with Crippen molar-refractivity contribution in [1.82, 2.24) is 9.88 Å². The molecular formula is C16H18N4O. The number of anilines is 1. The van der Waals surface area contributed by atoms with E-state index in [4.69, 9.17) is 4.42 Å². The Balaban J connectivity index is 1.94. The summed E-state index contributed by atoms with van der Waals surface area (Å²) in [5, 5.41) is 9.31. The minimum Gasteiger partial charge on any atom is -0.419 e. The Labute approximate surface area is 124 Å². The predicted octanol–water partition coefficient (Wildman–Crippen LogP) is 2.27. The number of oxazole rings is 1. The summed E-state index contributed by atoms with van der Waals surface area (Å²) in [6.45, 7) is 5.66. The zero-order valence-electron chi connectivity index (χ0n) is 12.3. The van der Waals surface area contributed by atoms with E-state index in [1.807, 2.05) is 31.2 Å². The van der Waals surface area contributed by atoms with Gasteiger partial charge in [-0.3, -0.25) is 0 Å². The zero-order chi connectivity index (χ0) is 14.8. The van der Waals surface area contributed by atoms with E-state index in [0.717, 1.165) is 37.3 Å². The van der Waals surface area contributed by atoms with Crippen LogP contribution in [0.3, 0.4) is 0 Å². The van der Waals surface area contributed by atoms with Gasteiger partial charge in [-0.1, -0.05) is 17.7 Å². The van der Waals surface area contributed by atoms with Gasteiger partial charge >= 0.3 is 0 Å². The lowest BCUT2D eigenvalue weighted by atomic mass is 10.1. The van der Waals surface area contributed by atoms with Gasteiger partial charge in [-0.15, -0.1) is 0 Å². The molecule has 1 aromatic heterocycles. The van der Waals surface area contributed by atoms with Gasteiger partial charge in [-0.05, 0) is 26.1 Å². The summed E-state index contributed by atoms with van der Waals surface area (Å²) in [6, 6.07) is 10.1. The largest absolute Gasteiger partial charge is 0.419 e. The quantitative estimate of drug-likeness (QED) is 0.845. The highest BCUT2D eigenvalue weighted by molar-refractivity contribution is 5.60. The van der Waals surface area contributed by atoms with Crippen LogP contribution in [0.2, 0.25) is 0 Å². The smallest absolute Gasteiger partial charge is 0.235 e. The molecule has 1 aromatic carbocycles. The number of benzene rings is 1. The van der Waals surface area contributed by atoms with Crippen LogP contribution in [0.1, 0.15) is 11.3 Å². The Hall–Kier alpha value is -2.32. The lowest BCUT2D eigenvalue weighted by Gasteiger charge is -2.31. The predicted molar refractivity (Wildman–Crippen MR) is 81.1 cm³/mol. The molecule has 0 aliphatic carbocycles. The van der Waals surface area contributed by atoms with Crippen LogP contribution in [-0.4, -0.2) is 43.1 Å². The second kappa shape index (κ2) is 5.58. The fourth-order valence-electron chi connectivity index (χ4n) is 2.51. The van der Waals surface area contributed by atoms with Crippen LogP contribution >= 0.6 is 0 Å². The molecule has 108 valence electrons. The maximum absolute atomic E-state index is 9.31. The van der Waals surface area contributed by atoms with E-state index in [-0.39, 0.29) is 0 Å². The lowest BCUT2D eigenvalue weighted by molar-refractivity contribution is 0.306. The number of nitriles is 1. The topological polar surface area (TPSA) is 56.3 Å². The summed E-state index contributed by atoms with van der Waals surface area (Å²) in [5.41, 5.74) is 2.42. The van der Waals surface area contributed by atoms with Gasteiger partial charge in [0.25, 0.3) is 0 Å². The van der Waals surface area contributed by atoms with Crippen molar-refractivity contribution in [2.75, 3.05) is 38.1 Å². The summed E-state index contributed by atoms with van der Waals surface area (Å²) < 4.78 is 5.90. The monoisotopic (exact) mass is 282 g/mol. The van der Waals surface area contributed by atoms with Crippen molar-refractivity contribution >= 4 is 5.88 Å². The summed E-state index contributed by atoms with van der Waals surface area (Å²) in [7, 11) is 2.10. The van der Waals surface area contributed by atoms with E-state index in [2.05, 4.69) is 27.9 Å². The molecule has 5 nitrogen and oxygen atoms in total. The van der Waals surface area contributed by atoms with E-state index in [0.29, 0.717) is 17.5 Å². The van der Waals surface area contributed by atoms with Crippen LogP contribution in [0.5, 0.6) is 0 Å². The Bertz CT molecular complexity index is 678. The average molecular weight is 282 g/mol. The summed E-state index contributed by atoms with van der Waals surface area (Å²) >= 11 is 0. The molecule has 0 amide bonds. The molecule has 0 radical (unpaired) electrons. The molecule has 1 aliphatic rings. The average Bonchev–Trinajstić information content (AvgIpc) is 2.92. The highest BCUT2D eigenvalue weighted by atomic mass is 16.4. The number of nitrogens with zero attached hydrogens (tertiary/aromatic N) is 4. The molecule has 0 bridgehead atoms. The Morgan fingerprint density at radius 2 is 2.00 bits per heavy atom. The van der Waals surface area contributed by atoms with Crippen LogP contribution in [-0.2, 0) is 0 Å². The molecule has 1 saturated heterocycles. The number of aromatic nitrogens is 1. The summed E-state index contributed by atoms with van der Waals surface area (Å²) in [6.07, 6.45) is 0. The van der Waals surface area contributed by atoms with Crippen molar-refractivity contribution in [3.63, 3.8) is 0 Å². The molecule has 1 fully saturated rings. The highest BCUT2D eigenvalue weighted by Gasteiger charge is 2.23. The van der Waals surface area contributed by atoms with Gasteiger partial charge < -0.3 is 14.2 Å². The maximum atomic E-state index is 9.31. The van der Waals surface area contributed by atoms with Crippen molar-refractivity contribution < 1.29 is 4.42 Å². The number of hydrogen-bond acceptors (Lipinski definition) is 5. The van der Waals surface area contributed by atoms with E-state index < -0.39 is 0 Å². The van der Waals surface area contributed by atoms with Gasteiger partial charge in [0.1, 0.15) is 6.07 Å². The van der Waals surface area contributed by atoms with Gasteiger partial charge in [0, 0.05) is 31.7 Å². The molecule has 5 heteroatoms. The normalized spacial score (nSPS) is 16.0. The molecule has 3 rings (SSSR count). The molecule has 21 heavy (non-hydrogen) atoms. The van der Waals surface area contributed by atoms with E-state index in [1.54, 1.807) is 0 Å². The lowest BCUT2D eigenvalue weighted by Crippen LogP contribution is -2.44. The summed E-state index contributed by atoms with van der Waals surface area (Å²) in [5.74, 6) is 1.12. The number of rotatable bonds is 2. The number of likely N-dealkylation sites (N-methyl/N-ethyl adjacent to an activating group) is 1. The van der Waals surface area contributed by atoms with Crippen molar-refractivity contribution in [3.05, 3.63) is 35.5 Å². The molecular weight excluding hydrogens is 264 g/mol. The van der Waals surface area contributed by atoms with E-state index in [1.165, 1.54) is 0 Å². The van der Waals surface area contributed by atoms with E-state index >= 15 is 0 Å². The molecule has 0 saturated carbocycles. The Kier molecular flexibility index (Phi) is 3.63. The van der Waals surface area contributed by atoms with Gasteiger partial charge in [-0.2, -0.15) is 10.2 Å². The van der Waals surface area contributed by atoms with Crippen LogP contribution in [0.4, 0.5) is 5.88 Å². The van der Waals surface area contributed by atoms with Gasteiger partial charge in [0.15, 0.2) is 0 Å². The Morgan fingerprint density at radius 3 is 2.67 bits per heavy atom. The van der Waals surface area contributed by atoms with Crippen molar-refractivity contribution in [3.8, 4) is 17.5 Å². The fourth-order valence-corrected chi connectivity index (χ4v) is 2.51. The minimum atomic E-state index is 0.371. The molecule has 0 N–H and O–H groups in total. The first-order valence-electron chi connectivity index (χ1n) is 7.09. The molecule has 1 aliphatic heterocycles. The molecule has 2 aromatic rings. The van der Waals surface area contributed by atoms with Gasteiger partial charge in [0.05, 0.1) is 0 Å². The van der Waals surface area contributed by atoms with Crippen LogP contribution in [0, 0.1) is 18.3 Å². The first kappa shape index (κ1) is 13.7. The van der Waals surface area contributed by atoms with Crippen molar-refractivity contribution in [1.29, 1.82) is 5.26 Å². The van der Waals surface area contributed by atoms with E-state index in [9.17, 15) is 5.26 Å². The number of piperazine rings is 1. The standard InChI is InChI=1S/C16H18N4O/c1-12-4-3-5-13(10-12)15-18-14(11-17)16(21-15)20-8-6-19(2)7-9-20/h3-5,10H,6-9H2,1-2H3. The van der Waals surface area contributed by atoms with Crippen molar-refractivity contribution in [2.24, 2.45) is 0 Å². The second-order valence-corrected chi connectivity index (χ2v) is 5.44. The molecule has 2 heterocycles. The fraction of sp³-hybridized carbons (Fsp3) is 0.375. The maximum Gasteiger partial charge on any atom is 0.235 e. The number of aryl methyl sites for hydroxylation is 1. The molecule has 0 spiro atoms. The second-order valence-electron chi connectivity index (χ2n) is 5.44. The first-order chi connectivity index (χ1) is 10.2. The Morgan fingerprint density at radius 1 is 1.24 bits per heavy atom. The van der Waals surface area contributed by atoms with Crippen LogP contribution in [0.15, 0.2) is 28.7 Å².